The van der Waals surface area contributed by atoms with Gasteiger partial charge in [-0.25, -0.2) is 4.39 Å². The number of nitrogens with one attached hydrogen (secondary N) is 2. The standard InChI is InChI=1S/C16H24FN3.HI/c1-5-11-19-15(18-6-2)20-12-16(3,4)13-7-9-14(17)10-8-13;/h5,7-10H,1,6,11-12H2,2-4H3,(H2,18,19,20);1H. The zero-order chi connectivity index (χ0) is 15.0. The van der Waals surface area contributed by atoms with Gasteiger partial charge in [-0.05, 0) is 24.6 Å². The van der Waals surface area contributed by atoms with Crippen LogP contribution in [-0.2, 0) is 5.41 Å². The highest BCUT2D eigenvalue weighted by atomic mass is 127. The first-order chi connectivity index (χ1) is 9.49. The van der Waals surface area contributed by atoms with E-state index >= 15 is 0 Å². The molecular formula is C16H25FIN3. The van der Waals surface area contributed by atoms with Crippen LogP contribution in [0.25, 0.3) is 0 Å². The molecule has 1 rings (SSSR count). The van der Waals surface area contributed by atoms with E-state index in [9.17, 15) is 4.39 Å². The molecule has 0 spiro atoms. The molecule has 5 heteroatoms. The van der Waals surface area contributed by atoms with Gasteiger partial charge in [-0.1, -0.05) is 32.1 Å². The molecule has 0 aliphatic heterocycles. The minimum Gasteiger partial charge on any atom is -0.357 e. The number of hydrogen-bond donors (Lipinski definition) is 2. The zero-order valence-electron chi connectivity index (χ0n) is 12.9. The van der Waals surface area contributed by atoms with Crippen LogP contribution in [0.4, 0.5) is 4.39 Å². The molecule has 0 aliphatic rings. The fourth-order valence-corrected chi connectivity index (χ4v) is 1.78. The van der Waals surface area contributed by atoms with Gasteiger partial charge >= 0.3 is 0 Å². The Balaban J connectivity index is 0.00000400. The van der Waals surface area contributed by atoms with E-state index < -0.39 is 0 Å². The maximum absolute atomic E-state index is 13.0. The molecule has 0 aliphatic carbocycles. The maximum Gasteiger partial charge on any atom is 0.191 e. The van der Waals surface area contributed by atoms with Crippen LogP contribution < -0.4 is 10.6 Å². The number of rotatable bonds is 6. The molecule has 0 saturated carbocycles. The summed E-state index contributed by atoms with van der Waals surface area (Å²) in [5.74, 6) is 0.552. The number of aliphatic imine (C=N–C) groups is 1. The summed E-state index contributed by atoms with van der Waals surface area (Å²) in [6.07, 6.45) is 1.79. The Bertz CT molecular complexity index is 455. The van der Waals surface area contributed by atoms with E-state index in [1.807, 2.05) is 19.1 Å². The predicted molar refractivity (Wildman–Crippen MR) is 99.0 cm³/mol. The molecule has 0 fully saturated rings. The van der Waals surface area contributed by atoms with E-state index in [1.54, 1.807) is 6.08 Å². The summed E-state index contributed by atoms with van der Waals surface area (Å²) in [5, 5.41) is 6.35. The molecule has 1 aromatic rings. The van der Waals surface area contributed by atoms with Crippen LogP contribution >= 0.6 is 24.0 Å². The molecule has 118 valence electrons. The second-order valence-electron chi connectivity index (χ2n) is 5.26. The van der Waals surface area contributed by atoms with Crippen molar-refractivity contribution in [3.63, 3.8) is 0 Å². The second-order valence-corrected chi connectivity index (χ2v) is 5.26. The van der Waals surface area contributed by atoms with Gasteiger partial charge in [0.15, 0.2) is 5.96 Å². The third-order valence-electron chi connectivity index (χ3n) is 3.02. The topological polar surface area (TPSA) is 36.4 Å². The quantitative estimate of drug-likeness (QED) is 0.329. The first-order valence-corrected chi connectivity index (χ1v) is 6.88. The minimum atomic E-state index is -0.214. The van der Waals surface area contributed by atoms with Crippen molar-refractivity contribution in [3.8, 4) is 0 Å². The van der Waals surface area contributed by atoms with Crippen LogP contribution in [0.1, 0.15) is 26.3 Å². The monoisotopic (exact) mass is 405 g/mol. The molecule has 0 amide bonds. The highest BCUT2D eigenvalue weighted by Crippen LogP contribution is 2.23. The van der Waals surface area contributed by atoms with E-state index in [0.717, 1.165) is 18.1 Å². The highest BCUT2D eigenvalue weighted by Gasteiger charge is 2.20. The van der Waals surface area contributed by atoms with Gasteiger partial charge in [-0.3, -0.25) is 4.99 Å². The van der Waals surface area contributed by atoms with Gasteiger partial charge in [0, 0.05) is 18.5 Å². The fourth-order valence-electron chi connectivity index (χ4n) is 1.78. The average molecular weight is 405 g/mol. The van der Waals surface area contributed by atoms with Crippen molar-refractivity contribution in [2.45, 2.75) is 26.2 Å². The fraction of sp³-hybridized carbons (Fsp3) is 0.438. The Hall–Kier alpha value is -1.11. The normalized spacial score (nSPS) is 11.5. The van der Waals surface area contributed by atoms with Gasteiger partial charge in [-0.2, -0.15) is 0 Å². The summed E-state index contributed by atoms with van der Waals surface area (Å²) in [6.45, 7) is 12.0. The van der Waals surface area contributed by atoms with Gasteiger partial charge < -0.3 is 10.6 Å². The zero-order valence-corrected chi connectivity index (χ0v) is 15.3. The SMILES string of the molecule is C=CCNC(=NCC(C)(C)c1ccc(F)cc1)NCC.I. The summed E-state index contributed by atoms with van der Waals surface area (Å²) in [5.41, 5.74) is 0.923. The Morgan fingerprint density at radius 1 is 1.29 bits per heavy atom. The molecule has 0 aromatic heterocycles. The van der Waals surface area contributed by atoms with Gasteiger partial charge in [0.05, 0.1) is 6.54 Å². The number of halogens is 2. The van der Waals surface area contributed by atoms with Gasteiger partial charge in [0.1, 0.15) is 5.82 Å². The van der Waals surface area contributed by atoms with E-state index in [1.165, 1.54) is 12.1 Å². The molecule has 3 nitrogen and oxygen atoms in total. The van der Waals surface area contributed by atoms with Gasteiger partial charge in [0.2, 0.25) is 0 Å². The van der Waals surface area contributed by atoms with Crippen LogP contribution in [0.3, 0.4) is 0 Å². The van der Waals surface area contributed by atoms with Crippen molar-refractivity contribution in [2.24, 2.45) is 4.99 Å². The minimum absolute atomic E-state index is 0. The number of hydrogen-bond acceptors (Lipinski definition) is 1. The van der Waals surface area contributed by atoms with Gasteiger partial charge in [-0.15, -0.1) is 30.6 Å². The molecule has 0 bridgehead atoms. The first kappa shape index (κ1) is 19.9. The van der Waals surface area contributed by atoms with E-state index in [2.05, 4.69) is 36.1 Å². The van der Waals surface area contributed by atoms with E-state index in [0.29, 0.717) is 13.1 Å². The molecule has 0 radical (unpaired) electrons. The summed E-state index contributed by atoms with van der Waals surface area (Å²) in [7, 11) is 0. The average Bonchev–Trinajstić information content (AvgIpc) is 2.42. The predicted octanol–water partition coefficient (Wildman–Crippen LogP) is 3.46. The van der Waals surface area contributed by atoms with Crippen molar-refractivity contribution in [2.75, 3.05) is 19.6 Å². The Morgan fingerprint density at radius 2 is 1.90 bits per heavy atom. The lowest BCUT2D eigenvalue weighted by molar-refractivity contribution is 0.535. The van der Waals surface area contributed by atoms with Crippen molar-refractivity contribution in [1.82, 2.24) is 10.6 Å². The summed E-state index contributed by atoms with van der Waals surface area (Å²) < 4.78 is 13.0. The lowest BCUT2D eigenvalue weighted by Gasteiger charge is -2.23. The number of nitrogens with zero attached hydrogens (tertiary/aromatic N) is 1. The van der Waals surface area contributed by atoms with Crippen LogP contribution in [-0.4, -0.2) is 25.6 Å². The van der Waals surface area contributed by atoms with Crippen molar-refractivity contribution in [3.05, 3.63) is 48.3 Å². The molecule has 21 heavy (non-hydrogen) atoms. The third-order valence-corrected chi connectivity index (χ3v) is 3.02. The lowest BCUT2D eigenvalue weighted by atomic mass is 9.85. The number of benzene rings is 1. The van der Waals surface area contributed by atoms with Crippen molar-refractivity contribution >= 4 is 29.9 Å². The van der Waals surface area contributed by atoms with Crippen LogP contribution in [0.15, 0.2) is 41.9 Å². The molecule has 0 unspecified atom stereocenters. The van der Waals surface area contributed by atoms with E-state index in [-0.39, 0.29) is 35.2 Å². The molecule has 0 atom stereocenters. The lowest BCUT2D eigenvalue weighted by Crippen LogP contribution is -2.38. The first-order valence-electron chi connectivity index (χ1n) is 6.88. The summed E-state index contributed by atoms with van der Waals surface area (Å²) >= 11 is 0. The molecule has 2 N–H and O–H groups in total. The summed E-state index contributed by atoms with van der Waals surface area (Å²) in [4.78, 5) is 4.57. The van der Waals surface area contributed by atoms with Crippen molar-refractivity contribution in [1.29, 1.82) is 0 Å². The Kier molecular flexibility index (Phi) is 9.24. The van der Waals surface area contributed by atoms with Crippen molar-refractivity contribution < 1.29 is 4.39 Å². The Morgan fingerprint density at radius 3 is 2.43 bits per heavy atom. The largest absolute Gasteiger partial charge is 0.357 e. The second kappa shape index (κ2) is 9.76. The van der Waals surface area contributed by atoms with Crippen LogP contribution in [0.2, 0.25) is 0 Å². The molecule has 0 saturated heterocycles. The number of guanidine groups is 1. The molecular weight excluding hydrogens is 380 g/mol. The van der Waals surface area contributed by atoms with Crippen LogP contribution in [0, 0.1) is 5.82 Å². The Labute approximate surface area is 144 Å². The maximum atomic E-state index is 13.0. The third kappa shape index (κ3) is 6.93. The van der Waals surface area contributed by atoms with E-state index in [4.69, 9.17) is 0 Å². The summed E-state index contributed by atoms with van der Waals surface area (Å²) in [6, 6.07) is 6.60. The highest BCUT2D eigenvalue weighted by molar-refractivity contribution is 14.0. The molecule has 1 aromatic carbocycles. The van der Waals surface area contributed by atoms with Gasteiger partial charge in [0.25, 0.3) is 0 Å². The van der Waals surface area contributed by atoms with Crippen LogP contribution in [0.5, 0.6) is 0 Å². The molecule has 0 heterocycles. The smallest absolute Gasteiger partial charge is 0.191 e.